The number of aromatic amines is 1. The minimum Gasteiger partial charge on any atom is -0.329 e. The van der Waals surface area contributed by atoms with Gasteiger partial charge >= 0.3 is 11.8 Å². The Morgan fingerprint density at radius 3 is 2.56 bits per heavy atom. The van der Waals surface area contributed by atoms with Gasteiger partial charge in [-0.15, -0.1) is 0 Å². The summed E-state index contributed by atoms with van der Waals surface area (Å²) >= 11 is 0. The molecule has 0 spiro atoms. The lowest BCUT2D eigenvalue weighted by atomic mass is 10.1. The molecule has 2 saturated heterocycles. The molecular weight excluding hydrogens is 454 g/mol. The zero-order valence-corrected chi connectivity index (χ0v) is 19.0. The standard InChI is InChI=1S/C22H27F4N7O/c1-12(2)15-9-17(31-30-15)28-18-13-5-3-6-14(13)27-20(29-18)33-8-4-7-16(33)19(34)32-10-21(23,24)22(25,26)11-32/h9,12,16H,3-8,10-11H2,1-2H3,(H2,27,28,29,30,31)/t16-/m1/s1. The molecule has 184 valence electrons. The number of aryl methyl sites for hydroxylation is 1. The van der Waals surface area contributed by atoms with Crippen molar-refractivity contribution in [2.75, 3.05) is 29.9 Å². The van der Waals surface area contributed by atoms with Crippen LogP contribution in [0.1, 0.15) is 56.0 Å². The molecule has 2 N–H and O–H groups in total. The highest BCUT2D eigenvalue weighted by molar-refractivity contribution is 5.86. The normalized spacial score (nSPS) is 23.1. The maximum Gasteiger partial charge on any atom is 0.329 e. The van der Waals surface area contributed by atoms with Crippen molar-refractivity contribution in [3.8, 4) is 0 Å². The molecule has 2 aromatic rings. The first-order valence-electron chi connectivity index (χ1n) is 11.6. The molecule has 0 radical (unpaired) electrons. The first-order chi connectivity index (χ1) is 16.1. The van der Waals surface area contributed by atoms with Crippen LogP contribution in [0.3, 0.4) is 0 Å². The largest absolute Gasteiger partial charge is 0.329 e. The van der Waals surface area contributed by atoms with Gasteiger partial charge in [-0.25, -0.2) is 4.98 Å². The molecule has 1 amide bonds. The predicted octanol–water partition coefficient (Wildman–Crippen LogP) is 3.64. The molecule has 8 nitrogen and oxygen atoms in total. The maximum absolute atomic E-state index is 13.7. The molecule has 5 rings (SSSR count). The lowest BCUT2D eigenvalue weighted by Gasteiger charge is -2.28. The number of hydrogen-bond donors (Lipinski definition) is 2. The second-order valence-electron chi connectivity index (χ2n) is 9.59. The molecule has 12 heteroatoms. The fourth-order valence-electron chi connectivity index (χ4n) is 4.87. The number of aromatic nitrogens is 4. The quantitative estimate of drug-likeness (QED) is 0.634. The number of halogens is 4. The smallest absolute Gasteiger partial charge is 0.329 e. The van der Waals surface area contributed by atoms with Crippen molar-refractivity contribution < 1.29 is 22.4 Å². The van der Waals surface area contributed by atoms with Crippen molar-refractivity contribution in [2.45, 2.75) is 69.8 Å². The van der Waals surface area contributed by atoms with Crippen molar-refractivity contribution in [3.63, 3.8) is 0 Å². The lowest BCUT2D eigenvalue weighted by Crippen LogP contribution is -2.46. The average molecular weight is 481 g/mol. The van der Waals surface area contributed by atoms with Gasteiger partial charge in [0.1, 0.15) is 11.9 Å². The summed E-state index contributed by atoms with van der Waals surface area (Å²) in [6.45, 7) is 1.98. The van der Waals surface area contributed by atoms with E-state index in [1.807, 2.05) is 6.07 Å². The first-order valence-corrected chi connectivity index (χ1v) is 11.6. The summed E-state index contributed by atoms with van der Waals surface area (Å²) in [5, 5.41) is 10.5. The Bertz CT molecular complexity index is 1090. The third-order valence-electron chi connectivity index (χ3n) is 6.81. The molecule has 2 fully saturated rings. The predicted molar refractivity (Wildman–Crippen MR) is 117 cm³/mol. The fraction of sp³-hybridized carbons (Fsp3) is 0.636. The van der Waals surface area contributed by atoms with E-state index in [0.717, 1.165) is 36.2 Å². The van der Waals surface area contributed by atoms with Crippen LogP contribution in [-0.2, 0) is 17.6 Å². The lowest BCUT2D eigenvalue weighted by molar-refractivity contribution is -0.172. The van der Waals surface area contributed by atoms with E-state index in [2.05, 4.69) is 39.3 Å². The van der Waals surface area contributed by atoms with Crippen LogP contribution in [0.15, 0.2) is 6.07 Å². The molecular formula is C22H27F4N7O. The van der Waals surface area contributed by atoms with E-state index in [0.29, 0.717) is 41.9 Å². The molecule has 0 aromatic carbocycles. The molecule has 4 heterocycles. The second-order valence-corrected chi connectivity index (χ2v) is 9.59. The van der Waals surface area contributed by atoms with Crippen LogP contribution in [0.25, 0.3) is 0 Å². The molecule has 2 aliphatic heterocycles. The van der Waals surface area contributed by atoms with Crippen LogP contribution < -0.4 is 10.2 Å². The summed E-state index contributed by atoms with van der Waals surface area (Å²) in [7, 11) is 0. The van der Waals surface area contributed by atoms with Crippen molar-refractivity contribution in [1.29, 1.82) is 0 Å². The topological polar surface area (TPSA) is 90.0 Å². The molecule has 3 aliphatic rings. The Labute approximate surface area is 194 Å². The van der Waals surface area contributed by atoms with E-state index < -0.39 is 36.9 Å². The number of carbonyl (C=O) groups excluding carboxylic acids is 1. The molecule has 0 saturated carbocycles. The van der Waals surface area contributed by atoms with E-state index >= 15 is 0 Å². The monoisotopic (exact) mass is 481 g/mol. The molecule has 34 heavy (non-hydrogen) atoms. The zero-order valence-electron chi connectivity index (χ0n) is 19.0. The van der Waals surface area contributed by atoms with Gasteiger partial charge in [-0.3, -0.25) is 9.89 Å². The van der Waals surface area contributed by atoms with Gasteiger partial charge in [-0.1, -0.05) is 13.8 Å². The van der Waals surface area contributed by atoms with Crippen LogP contribution in [0, 0.1) is 0 Å². The maximum atomic E-state index is 13.7. The summed E-state index contributed by atoms with van der Waals surface area (Å²) in [6, 6.07) is 1.05. The third kappa shape index (κ3) is 3.86. The summed E-state index contributed by atoms with van der Waals surface area (Å²) in [5.74, 6) is -7.42. The van der Waals surface area contributed by atoms with Gasteiger partial charge in [0.2, 0.25) is 11.9 Å². The second kappa shape index (κ2) is 8.09. The molecule has 2 aromatic heterocycles. The van der Waals surface area contributed by atoms with E-state index in [1.54, 1.807) is 4.90 Å². The summed E-state index contributed by atoms with van der Waals surface area (Å²) in [4.78, 5) is 24.6. The van der Waals surface area contributed by atoms with Gasteiger partial charge < -0.3 is 15.1 Å². The summed E-state index contributed by atoms with van der Waals surface area (Å²) < 4.78 is 54.8. The molecule has 0 bridgehead atoms. The SMILES string of the molecule is CC(C)c1cc(Nc2nc(N3CCC[C@@H]3C(=O)N3CC(F)(F)C(F)(F)C3)nc3c2CCC3)n[nH]1. The number of H-pyrrole nitrogens is 1. The van der Waals surface area contributed by atoms with Crippen molar-refractivity contribution in [2.24, 2.45) is 0 Å². The number of anilines is 3. The number of fused-ring (bicyclic) bond motifs is 1. The van der Waals surface area contributed by atoms with E-state index in [4.69, 9.17) is 0 Å². The number of nitrogens with zero attached hydrogens (tertiary/aromatic N) is 5. The van der Waals surface area contributed by atoms with E-state index in [-0.39, 0.29) is 5.92 Å². The van der Waals surface area contributed by atoms with Crippen LogP contribution >= 0.6 is 0 Å². The van der Waals surface area contributed by atoms with E-state index in [9.17, 15) is 22.4 Å². The van der Waals surface area contributed by atoms with Crippen LogP contribution in [0.4, 0.5) is 35.1 Å². The van der Waals surface area contributed by atoms with Gasteiger partial charge in [-0.05, 0) is 38.0 Å². The number of alkyl halides is 4. The average Bonchev–Trinajstić information content (AvgIpc) is 3.53. The van der Waals surface area contributed by atoms with Gasteiger partial charge in [0.15, 0.2) is 5.82 Å². The Kier molecular flexibility index (Phi) is 5.44. The van der Waals surface area contributed by atoms with Gasteiger partial charge in [-0.2, -0.15) is 27.6 Å². The minimum atomic E-state index is -4.23. The van der Waals surface area contributed by atoms with E-state index in [1.165, 1.54) is 0 Å². The van der Waals surface area contributed by atoms with Crippen molar-refractivity contribution >= 4 is 23.5 Å². The number of nitrogens with one attached hydrogen (secondary N) is 2. The Balaban J connectivity index is 1.41. The van der Waals surface area contributed by atoms with Gasteiger partial charge in [0.25, 0.3) is 0 Å². The third-order valence-corrected chi connectivity index (χ3v) is 6.81. The number of rotatable bonds is 5. The summed E-state index contributed by atoms with van der Waals surface area (Å²) in [6.07, 6.45) is 3.46. The van der Waals surface area contributed by atoms with Crippen molar-refractivity contribution in [3.05, 3.63) is 23.0 Å². The van der Waals surface area contributed by atoms with Crippen molar-refractivity contribution in [1.82, 2.24) is 25.1 Å². The Hall–Kier alpha value is -2.92. The molecule has 1 aliphatic carbocycles. The number of likely N-dealkylation sites (tertiary alicyclic amines) is 1. The highest BCUT2D eigenvalue weighted by atomic mass is 19.3. The fourth-order valence-corrected chi connectivity index (χ4v) is 4.87. The highest BCUT2D eigenvalue weighted by Crippen LogP contribution is 2.42. The van der Waals surface area contributed by atoms with Crippen LogP contribution in [0.2, 0.25) is 0 Å². The Morgan fingerprint density at radius 1 is 1.15 bits per heavy atom. The van der Waals surface area contributed by atoms with Crippen LogP contribution in [0.5, 0.6) is 0 Å². The molecule has 0 unspecified atom stereocenters. The van der Waals surface area contributed by atoms with Gasteiger partial charge in [0, 0.05) is 23.9 Å². The number of carbonyl (C=O) groups is 1. The minimum absolute atomic E-state index is 0.274. The van der Waals surface area contributed by atoms with Crippen LogP contribution in [-0.4, -0.2) is 68.5 Å². The number of amides is 1. The highest BCUT2D eigenvalue weighted by Gasteiger charge is 2.64. The summed E-state index contributed by atoms with van der Waals surface area (Å²) in [5.41, 5.74) is 2.82. The molecule has 1 atom stereocenters. The zero-order chi connectivity index (χ0) is 24.3. The van der Waals surface area contributed by atoms with Gasteiger partial charge in [0.05, 0.1) is 18.8 Å². The number of hydrogen-bond acceptors (Lipinski definition) is 6. The Morgan fingerprint density at radius 2 is 1.88 bits per heavy atom. The first kappa shape index (κ1) is 22.9.